The molecule has 4 rings (SSSR count). The molecule has 0 fully saturated rings. The van der Waals surface area contributed by atoms with Gasteiger partial charge in [0.1, 0.15) is 5.75 Å². The summed E-state index contributed by atoms with van der Waals surface area (Å²) in [6.07, 6.45) is 3.80. The minimum atomic E-state index is -0.204. The molecule has 0 saturated carbocycles. The molecule has 0 bridgehead atoms. The molecule has 138 valence electrons. The summed E-state index contributed by atoms with van der Waals surface area (Å²) in [5, 5.41) is 7.30. The van der Waals surface area contributed by atoms with Gasteiger partial charge < -0.3 is 15.0 Å². The lowest BCUT2D eigenvalue weighted by atomic mass is 10.0. The second kappa shape index (κ2) is 7.09. The Balaban J connectivity index is 1.64. The van der Waals surface area contributed by atoms with Crippen molar-refractivity contribution in [1.82, 2.24) is 14.7 Å². The van der Waals surface area contributed by atoms with Gasteiger partial charge in [-0.15, -0.1) is 12.6 Å². The third kappa shape index (κ3) is 3.70. The SMILES string of the molecule is CN(C)CCn1cc(-c2ccc3c(c2)C(=O)Nc2cc(S)ccc2O3)cn1. The van der Waals surface area contributed by atoms with E-state index in [0.717, 1.165) is 29.1 Å². The predicted octanol–water partition coefficient (Wildman–Crippen LogP) is 3.76. The van der Waals surface area contributed by atoms with Crippen molar-refractivity contribution in [3.63, 3.8) is 0 Å². The topological polar surface area (TPSA) is 59.4 Å². The van der Waals surface area contributed by atoms with Crippen LogP contribution in [0.3, 0.4) is 0 Å². The molecule has 0 saturated heterocycles. The van der Waals surface area contributed by atoms with E-state index >= 15 is 0 Å². The molecular weight excluding hydrogens is 360 g/mol. The number of nitrogens with one attached hydrogen (secondary N) is 1. The first-order valence-electron chi connectivity index (χ1n) is 8.63. The maximum absolute atomic E-state index is 12.7. The summed E-state index contributed by atoms with van der Waals surface area (Å²) >= 11 is 4.32. The fourth-order valence-corrected chi connectivity index (χ4v) is 3.13. The largest absolute Gasteiger partial charge is 0.454 e. The summed E-state index contributed by atoms with van der Waals surface area (Å²) in [7, 11) is 4.06. The zero-order valence-electron chi connectivity index (χ0n) is 15.1. The van der Waals surface area contributed by atoms with Gasteiger partial charge in [-0.2, -0.15) is 5.10 Å². The number of aromatic nitrogens is 2. The van der Waals surface area contributed by atoms with Crippen molar-refractivity contribution in [1.29, 1.82) is 0 Å². The molecule has 0 unspecified atom stereocenters. The van der Waals surface area contributed by atoms with Crippen LogP contribution < -0.4 is 10.1 Å². The number of carbonyl (C=O) groups excluding carboxylic acids is 1. The van der Waals surface area contributed by atoms with Gasteiger partial charge in [0.15, 0.2) is 5.75 Å². The minimum Gasteiger partial charge on any atom is -0.454 e. The van der Waals surface area contributed by atoms with Crippen LogP contribution in [0, 0.1) is 0 Å². The van der Waals surface area contributed by atoms with Crippen LogP contribution in [0.2, 0.25) is 0 Å². The molecule has 2 aromatic carbocycles. The van der Waals surface area contributed by atoms with Gasteiger partial charge in [0.05, 0.1) is 24.0 Å². The van der Waals surface area contributed by atoms with Crippen LogP contribution >= 0.6 is 12.6 Å². The van der Waals surface area contributed by atoms with E-state index in [0.29, 0.717) is 22.7 Å². The van der Waals surface area contributed by atoms with E-state index in [1.807, 2.05) is 55.4 Å². The maximum atomic E-state index is 12.7. The van der Waals surface area contributed by atoms with E-state index in [1.54, 1.807) is 12.1 Å². The van der Waals surface area contributed by atoms with Crippen LogP contribution in [0.25, 0.3) is 11.1 Å². The molecule has 0 atom stereocenters. The highest BCUT2D eigenvalue weighted by molar-refractivity contribution is 7.80. The number of benzene rings is 2. The number of amides is 1. The third-order valence-electron chi connectivity index (χ3n) is 4.40. The van der Waals surface area contributed by atoms with Crippen LogP contribution in [0.15, 0.2) is 53.7 Å². The molecule has 2 heterocycles. The van der Waals surface area contributed by atoms with Crippen molar-refractivity contribution >= 4 is 24.2 Å². The summed E-state index contributed by atoms with van der Waals surface area (Å²) in [6, 6.07) is 11.0. The molecule has 0 aliphatic carbocycles. The van der Waals surface area contributed by atoms with Gasteiger partial charge in [-0.1, -0.05) is 6.07 Å². The number of hydrogen-bond donors (Lipinski definition) is 2. The van der Waals surface area contributed by atoms with Crippen LogP contribution in [-0.2, 0) is 6.54 Å². The molecule has 0 spiro atoms. The molecule has 1 amide bonds. The second-order valence-corrected chi connectivity index (χ2v) is 7.26. The number of ether oxygens (including phenoxy) is 1. The van der Waals surface area contributed by atoms with Crippen molar-refractivity contribution < 1.29 is 9.53 Å². The van der Waals surface area contributed by atoms with Crippen LogP contribution in [0.1, 0.15) is 10.4 Å². The normalized spacial score (nSPS) is 12.8. The van der Waals surface area contributed by atoms with Crippen molar-refractivity contribution in [2.24, 2.45) is 0 Å². The predicted molar refractivity (Wildman–Crippen MR) is 108 cm³/mol. The van der Waals surface area contributed by atoms with Gasteiger partial charge in [-0.3, -0.25) is 9.48 Å². The first kappa shape index (κ1) is 17.6. The van der Waals surface area contributed by atoms with E-state index in [2.05, 4.69) is 27.9 Å². The number of nitrogens with zero attached hydrogens (tertiary/aromatic N) is 3. The molecule has 1 aliphatic heterocycles. The Morgan fingerprint density at radius 3 is 2.78 bits per heavy atom. The summed E-state index contributed by atoms with van der Waals surface area (Å²) in [5.74, 6) is 0.926. The molecule has 27 heavy (non-hydrogen) atoms. The lowest BCUT2D eigenvalue weighted by molar-refractivity contribution is 0.102. The lowest BCUT2D eigenvalue weighted by Crippen LogP contribution is -2.18. The Kier molecular flexibility index (Phi) is 4.63. The molecule has 1 N–H and O–H groups in total. The lowest BCUT2D eigenvalue weighted by Gasteiger charge is -2.09. The van der Waals surface area contributed by atoms with Gasteiger partial charge >= 0.3 is 0 Å². The average Bonchev–Trinajstić information content (AvgIpc) is 3.06. The van der Waals surface area contributed by atoms with Gasteiger partial charge in [-0.05, 0) is 50.0 Å². The Morgan fingerprint density at radius 1 is 1.15 bits per heavy atom. The Bertz CT molecular complexity index is 1010. The zero-order chi connectivity index (χ0) is 19.0. The van der Waals surface area contributed by atoms with Crippen LogP contribution in [0.4, 0.5) is 5.69 Å². The van der Waals surface area contributed by atoms with E-state index in [-0.39, 0.29) is 5.91 Å². The van der Waals surface area contributed by atoms with E-state index in [4.69, 9.17) is 4.74 Å². The quantitative estimate of drug-likeness (QED) is 0.677. The van der Waals surface area contributed by atoms with Gasteiger partial charge in [0, 0.05) is 23.2 Å². The molecule has 6 nitrogen and oxygen atoms in total. The molecular formula is C20H20N4O2S. The molecule has 3 aromatic rings. The van der Waals surface area contributed by atoms with E-state index in [9.17, 15) is 4.79 Å². The first-order valence-corrected chi connectivity index (χ1v) is 9.08. The Hall–Kier alpha value is -2.77. The fraction of sp³-hybridized carbons (Fsp3) is 0.200. The van der Waals surface area contributed by atoms with Crippen LogP contribution in [0.5, 0.6) is 11.5 Å². The van der Waals surface area contributed by atoms with Gasteiger partial charge in [-0.25, -0.2) is 0 Å². The standard InChI is InChI=1S/C20H20N4O2S/c1-23(2)7-8-24-12-14(11-21-24)13-3-5-18-16(9-13)20(25)22-17-10-15(27)4-6-19(17)26-18/h3-6,9-12,27H,7-8H2,1-2H3,(H,22,25). The Morgan fingerprint density at radius 2 is 1.96 bits per heavy atom. The highest BCUT2D eigenvalue weighted by Gasteiger charge is 2.21. The number of carbonyl (C=O) groups is 1. The second-order valence-electron chi connectivity index (χ2n) is 6.74. The van der Waals surface area contributed by atoms with Crippen LogP contribution in [-0.4, -0.2) is 41.2 Å². The number of likely N-dealkylation sites (N-methyl/N-ethyl adjacent to an activating group) is 1. The van der Waals surface area contributed by atoms with Crippen molar-refractivity contribution in [2.45, 2.75) is 11.4 Å². The molecule has 7 heteroatoms. The summed E-state index contributed by atoms with van der Waals surface area (Å²) < 4.78 is 7.85. The summed E-state index contributed by atoms with van der Waals surface area (Å²) in [4.78, 5) is 15.6. The van der Waals surface area contributed by atoms with Crippen molar-refractivity contribution in [3.8, 4) is 22.6 Å². The van der Waals surface area contributed by atoms with Gasteiger partial charge in [0.2, 0.25) is 0 Å². The summed E-state index contributed by atoms with van der Waals surface area (Å²) in [5.41, 5.74) is 2.99. The molecule has 1 aromatic heterocycles. The third-order valence-corrected chi connectivity index (χ3v) is 4.68. The first-order chi connectivity index (χ1) is 13.0. The van der Waals surface area contributed by atoms with E-state index < -0.39 is 0 Å². The van der Waals surface area contributed by atoms with E-state index in [1.165, 1.54) is 0 Å². The number of anilines is 1. The average molecular weight is 380 g/mol. The molecule has 0 radical (unpaired) electrons. The zero-order valence-corrected chi connectivity index (χ0v) is 16.0. The van der Waals surface area contributed by atoms with Crippen molar-refractivity contribution in [2.75, 3.05) is 26.0 Å². The molecule has 1 aliphatic rings. The number of fused-ring (bicyclic) bond motifs is 2. The van der Waals surface area contributed by atoms with Gasteiger partial charge in [0.25, 0.3) is 5.91 Å². The summed E-state index contributed by atoms with van der Waals surface area (Å²) in [6.45, 7) is 1.72. The monoisotopic (exact) mass is 380 g/mol. The number of thiol groups is 1. The highest BCUT2D eigenvalue weighted by atomic mass is 32.1. The fourth-order valence-electron chi connectivity index (χ4n) is 2.93. The highest BCUT2D eigenvalue weighted by Crippen LogP contribution is 2.38. The number of rotatable bonds is 4. The number of hydrogen-bond acceptors (Lipinski definition) is 5. The van der Waals surface area contributed by atoms with Crippen molar-refractivity contribution in [3.05, 3.63) is 54.4 Å². The maximum Gasteiger partial charge on any atom is 0.259 e. The smallest absolute Gasteiger partial charge is 0.259 e. The minimum absolute atomic E-state index is 0.204. The Labute approximate surface area is 163 Å².